The predicted molar refractivity (Wildman–Crippen MR) is 70.0 cm³/mol. The van der Waals surface area contributed by atoms with Gasteiger partial charge in [-0.2, -0.15) is 0 Å². The van der Waals surface area contributed by atoms with E-state index in [0.717, 1.165) is 5.56 Å². The van der Waals surface area contributed by atoms with Crippen LogP contribution in [0.2, 0.25) is 0 Å². The van der Waals surface area contributed by atoms with E-state index < -0.39 is 12.0 Å². The fourth-order valence-electron chi connectivity index (χ4n) is 1.41. The molecule has 1 rings (SSSR count). The van der Waals surface area contributed by atoms with Gasteiger partial charge in [-0.15, -0.1) is 0 Å². The highest BCUT2D eigenvalue weighted by atomic mass is 16.6. The fraction of sp³-hybridized carbons (Fsp3) is 0.500. The Balaban J connectivity index is 2.25. The quantitative estimate of drug-likeness (QED) is 0.594. The normalized spacial score (nSPS) is 12.4. The summed E-state index contributed by atoms with van der Waals surface area (Å²) >= 11 is 0. The Kier molecular flexibility index (Phi) is 6.39. The lowest BCUT2D eigenvalue weighted by molar-refractivity contribution is -0.147. The van der Waals surface area contributed by atoms with Crippen LogP contribution < -0.4 is 5.73 Å². The Morgan fingerprint density at radius 3 is 2.50 bits per heavy atom. The molecule has 0 aliphatic heterocycles. The maximum absolute atomic E-state index is 11.6. The Morgan fingerprint density at radius 1 is 1.22 bits per heavy atom. The van der Waals surface area contributed by atoms with E-state index in [0.29, 0.717) is 19.1 Å². The zero-order valence-corrected chi connectivity index (χ0v) is 11.0. The van der Waals surface area contributed by atoms with E-state index in [4.69, 9.17) is 15.2 Å². The van der Waals surface area contributed by atoms with Crippen molar-refractivity contribution in [3.8, 4) is 0 Å². The molecule has 0 bridgehead atoms. The molecule has 0 fully saturated rings. The molecule has 100 valence electrons. The van der Waals surface area contributed by atoms with E-state index in [1.807, 2.05) is 18.2 Å². The monoisotopic (exact) mass is 251 g/mol. The zero-order valence-electron chi connectivity index (χ0n) is 11.0. The van der Waals surface area contributed by atoms with Crippen molar-refractivity contribution < 1.29 is 14.3 Å². The van der Waals surface area contributed by atoms with Crippen LogP contribution in [0.3, 0.4) is 0 Å². The van der Waals surface area contributed by atoms with Gasteiger partial charge < -0.3 is 15.2 Å². The lowest BCUT2D eigenvalue weighted by atomic mass is 10.1. The number of nitrogens with two attached hydrogens (primary N) is 1. The van der Waals surface area contributed by atoms with Crippen LogP contribution in [0.4, 0.5) is 0 Å². The van der Waals surface area contributed by atoms with Gasteiger partial charge >= 0.3 is 5.97 Å². The molecule has 0 aromatic heterocycles. The van der Waals surface area contributed by atoms with Gasteiger partial charge in [0.1, 0.15) is 12.6 Å². The molecule has 0 saturated carbocycles. The highest BCUT2D eigenvalue weighted by molar-refractivity contribution is 5.77. The molecule has 0 amide bonds. The summed E-state index contributed by atoms with van der Waals surface area (Å²) in [6, 6.07) is 8.45. The molecule has 18 heavy (non-hydrogen) atoms. The summed E-state index contributed by atoms with van der Waals surface area (Å²) in [5.74, 6) is 0.0571. The van der Waals surface area contributed by atoms with Crippen LogP contribution in [0.15, 0.2) is 30.3 Å². The molecule has 1 atom stereocenters. The Labute approximate surface area is 108 Å². The van der Waals surface area contributed by atoms with Crippen molar-refractivity contribution in [3.63, 3.8) is 0 Å². The van der Waals surface area contributed by atoms with Gasteiger partial charge in [0.05, 0.1) is 6.61 Å². The number of benzene rings is 1. The molecule has 0 unspecified atom stereocenters. The first-order valence-corrected chi connectivity index (χ1v) is 6.16. The van der Waals surface area contributed by atoms with Crippen molar-refractivity contribution in [2.45, 2.75) is 19.9 Å². The third-order valence-electron chi connectivity index (χ3n) is 2.34. The van der Waals surface area contributed by atoms with E-state index in [-0.39, 0.29) is 6.61 Å². The first-order valence-electron chi connectivity index (χ1n) is 6.16. The third-order valence-corrected chi connectivity index (χ3v) is 2.34. The topological polar surface area (TPSA) is 61.5 Å². The van der Waals surface area contributed by atoms with Gasteiger partial charge in [-0.05, 0) is 11.5 Å². The van der Waals surface area contributed by atoms with Crippen LogP contribution in [0.25, 0.3) is 0 Å². The molecule has 4 heteroatoms. The molecule has 4 nitrogen and oxygen atoms in total. The molecule has 0 heterocycles. The average molecular weight is 251 g/mol. The number of carbonyl (C=O) groups is 1. The molecule has 1 aromatic carbocycles. The minimum absolute atomic E-state index is 0.242. The maximum Gasteiger partial charge on any atom is 0.327 e. The molecule has 0 spiro atoms. The standard InChI is InChI=1S/C14H21NO3/c1-11(2)10-17-8-9-18-14(16)13(15)12-6-4-3-5-7-12/h3-7,11,13H,8-10,15H2,1-2H3/t13-/m1/s1. The summed E-state index contributed by atoms with van der Waals surface area (Å²) in [5, 5.41) is 0. The second-order valence-corrected chi connectivity index (χ2v) is 4.52. The molecular formula is C14H21NO3. The van der Waals surface area contributed by atoms with Crippen LogP contribution in [0, 0.1) is 5.92 Å². The first-order chi connectivity index (χ1) is 8.61. The molecule has 2 N–H and O–H groups in total. The number of rotatable bonds is 7. The molecule has 1 aromatic rings. The van der Waals surface area contributed by atoms with Crippen LogP contribution in [-0.4, -0.2) is 25.8 Å². The van der Waals surface area contributed by atoms with E-state index in [9.17, 15) is 4.79 Å². The Morgan fingerprint density at radius 2 is 1.89 bits per heavy atom. The number of esters is 1. The van der Waals surface area contributed by atoms with E-state index in [2.05, 4.69) is 13.8 Å². The van der Waals surface area contributed by atoms with Crippen molar-refractivity contribution in [1.29, 1.82) is 0 Å². The number of hydrogen-bond donors (Lipinski definition) is 1. The minimum atomic E-state index is -0.726. The van der Waals surface area contributed by atoms with Gasteiger partial charge in [0.2, 0.25) is 0 Å². The van der Waals surface area contributed by atoms with Crippen molar-refractivity contribution in [2.24, 2.45) is 11.7 Å². The van der Waals surface area contributed by atoms with Gasteiger partial charge in [0.25, 0.3) is 0 Å². The highest BCUT2D eigenvalue weighted by Gasteiger charge is 2.16. The summed E-state index contributed by atoms with van der Waals surface area (Å²) in [6.07, 6.45) is 0. The van der Waals surface area contributed by atoms with Crippen molar-refractivity contribution in [3.05, 3.63) is 35.9 Å². The van der Waals surface area contributed by atoms with E-state index in [1.165, 1.54) is 0 Å². The SMILES string of the molecule is CC(C)COCCOC(=O)[C@H](N)c1ccccc1. The van der Waals surface area contributed by atoms with Crippen LogP contribution >= 0.6 is 0 Å². The summed E-state index contributed by atoms with van der Waals surface area (Å²) in [7, 11) is 0. The van der Waals surface area contributed by atoms with Gasteiger partial charge in [0, 0.05) is 6.61 Å². The fourth-order valence-corrected chi connectivity index (χ4v) is 1.41. The molecule has 0 radical (unpaired) electrons. The zero-order chi connectivity index (χ0) is 13.4. The molecular weight excluding hydrogens is 230 g/mol. The summed E-state index contributed by atoms with van der Waals surface area (Å²) in [5.41, 5.74) is 6.54. The number of hydrogen-bond acceptors (Lipinski definition) is 4. The molecule has 0 saturated heterocycles. The second-order valence-electron chi connectivity index (χ2n) is 4.52. The van der Waals surface area contributed by atoms with Gasteiger partial charge in [-0.25, -0.2) is 4.79 Å². The highest BCUT2D eigenvalue weighted by Crippen LogP contribution is 2.10. The van der Waals surface area contributed by atoms with Crippen LogP contribution in [0.1, 0.15) is 25.5 Å². The van der Waals surface area contributed by atoms with Crippen molar-refractivity contribution >= 4 is 5.97 Å². The number of carbonyl (C=O) groups excluding carboxylic acids is 1. The lowest BCUT2D eigenvalue weighted by Crippen LogP contribution is -2.25. The first kappa shape index (κ1) is 14.7. The third kappa shape index (κ3) is 5.29. The number of ether oxygens (including phenoxy) is 2. The Bertz CT molecular complexity index is 351. The molecule has 0 aliphatic carbocycles. The maximum atomic E-state index is 11.6. The molecule has 0 aliphatic rings. The predicted octanol–water partition coefficient (Wildman–Crippen LogP) is 1.90. The van der Waals surface area contributed by atoms with Crippen molar-refractivity contribution in [1.82, 2.24) is 0 Å². The van der Waals surface area contributed by atoms with Gasteiger partial charge in [-0.3, -0.25) is 0 Å². The summed E-state index contributed by atoms with van der Waals surface area (Å²) in [6.45, 7) is 5.45. The summed E-state index contributed by atoms with van der Waals surface area (Å²) < 4.78 is 10.4. The second kappa shape index (κ2) is 7.84. The van der Waals surface area contributed by atoms with E-state index in [1.54, 1.807) is 12.1 Å². The largest absolute Gasteiger partial charge is 0.462 e. The minimum Gasteiger partial charge on any atom is -0.462 e. The van der Waals surface area contributed by atoms with Crippen LogP contribution in [0.5, 0.6) is 0 Å². The smallest absolute Gasteiger partial charge is 0.327 e. The van der Waals surface area contributed by atoms with Gasteiger partial charge in [-0.1, -0.05) is 44.2 Å². The average Bonchev–Trinajstić information content (AvgIpc) is 2.38. The van der Waals surface area contributed by atoms with Gasteiger partial charge in [0.15, 0.2) is 0 Å². The van der Waals surface area contributed by atoms with E-state index >= 15 is 0 Å². The Hall–Kier alpha value is -1.39. The lowest BCUT2D eigenvalue weighted by Gasteiger charge is -2.12. The van der Waals surface area contributed by atoms with Crippen LogP contribution in [-0.2, 0) is 14.3 Å². The summed E-state index contributed by atoms with van der Waals surface area (Å²) in [4.78, 5) is 11.6. The van der Waals surface area contributed by atoms with Crippen molar-refractivity contribution in [2.75, 3.05) is 19.8 Å².